The molecule has 156 valence electrons. The van der Waals surface area contributed by atoms with Gasteiger partial charge in [0.1, 0.15) is 11.4 Å². The van der Waals surface area contributed by atoms with Gasteiger partial charge in [-0.3, -0.25) is 4.98 Å². The van der Waals surface area contributed by atoms with Gasteiger partial charge in [-0.2, -0.15) is 0 Å². The van der Waals surface area contributed by atoms with Gasteiger partial charge in [0.25, 0.3) is 0 Å². The normalized spacial score (nSPS) is 24.2. The number of amides is 1. The molecule has 0 spiro atoms. The number of halogens is 1. The Morgan fingerprint density at radius 1 is 1.18 bits per heavy atom. The first-order chi connectivity index (χ1) is 13.3. The first-order valence-electron chi connectivity index (χ1n) is 10.5. The molecule has 0 N–H and O–H groups in total. The maximum absolute atomic E-state index is 13.9. The summed E-state index contributed by atoms with van der Waals surface area (Å²) in [6, 6.07) is 1.81. The lowest BCUT2D eigenvalue weighted by atomic mass is 9.83. The van der Waals surface area contributed by atoms with Crippen molar-refractivity contribution in [3.05, 3.63) is 29.8 Å². The number of pyridine rings is 1. The number of hydrogen-bond acceptors (Lipinski definition) is 4. The van der Waals surface area contributed by atoms with Crippen LogP contribution in [0.3, 0.4) is 0 Å². The number of rotatable bonds is 4. The van der Waals surface area contributed by atoms with Crippen LogP contribution in [0.2, 0.25) is 0 Å². The fourth-order valence-electron chi connectivity index (χ4n) is 4.14. The van der Waals surface area contributed by atoms with Crippen molar-refractivity contribution in [2.75, 3.05) is 19.7 Å². The highest BCUT2D eigenvalue weighted by Crippen LogP contribution is 2.35. The summed E-state index contributed by atoms with van der Waals surface area (Å²) < 4.78 is 25.5. The summed E-state index contributed by atoms with van der Waals surface area (Å²) in [6.07, 6.45) is 8.82. The van der Waals surface area contributed by atoms with Gasteiger partial charge < -0.3 is 14.4 Å². The Morgan fingerprint density at radius 2 is 1.86 bits per heavy atom. The molecule has 1 aliphatic carbocycles. The van der Waals surface area contributed by atoms with Crippen molar-refractivity contribution in [2.24, 2.45) is 5.92 Å². The Labute approximate surface area is 167 Å². The van der Waals surface area contributed by atoms with Gasteiger partial charge >= 0.3 is 6.09 Å². The van der Waals surface area contributed by atoms with Crippen LogP contribution in [0.15, 0.2) is 18.5 Å². The fraction of sp³-hybridized carbons (Fsp3) is 0.727. The number of nitrogens with zero attached hydrogens (tertiary/aromatic N) is 2. The predicted molar refractivity (Wildman–Crippen MR) is 106 cm³/mol. The molecule has 0 unspecified atom stereocenters. The van der Waals surface area contributed by atoms with E-state index in [1.54, 1.807) is 17.2 Å². The van der Waals surface area contributed by atoms with Crippen LogP contribution < -0.4 is 0 Å². The van der Waals surface area contributed by atoms with Gasteiger partial charge in [0.05, 0.1) is 12.3 Å². The van der Waals surface area contributed by atoms with E-state index < -0.39 is 5.60 Å². The monoisotopic (exact) mass is 392 g/mol. The summed E-state index contributed by atoms with van der Waals surface area (Å²) in [5.74, 6) is 0.581. The second kappa shape index (κ2) is 9.21. The van der Waals surface area contributed by atoms with E-state index in [2.05, 4.69) is 4.98 Å². The van der Waals surface area contributed by atoms with Crippen LogP contribution in [0.4, 0.5) is 9.18 Å². The Hall–Kier alpha value is -1.69. The molecule has 2 heterocycles. The molecule has 1 amide bonds. The summed E-state index contributed by atoms with van der Waals surface area (Å²) in [5.41, 5.74) is 0.345. The molecule has 1 aliphatic heterocycles. The van der Waals surface area contributed by atoms with Crippen molar-refractivity contribution in [1.29, 1.82) is 0 Å². The van der Waals surface area contributed by atoms with Gasteiger partial charge in [0.2, 0.25) is 0 Å². The van der Waals surface area contributed by atoms with E-state index in [4.69, 9.17) is 9.47 Å². The smallest absolute Gasteiger partial charge is 0.410 e. The van der Waals surface area contributed by atoms with Crippen LogP contribution in [-0.2, 0) is 9.47 Å². The highest BCUT2D eigenvalue weighted by atomic mass is 19.1. The number of carbonyl (C=O) groups excluding carboxylic acids is 1. The minimum absolute atomic E-state index is 0.191. The molecule has 1 aromatic rings. The summed E-state index contributed by atoms with van der Waals surface area (Å²) in [5, 5.41) is 0. The molecule has 0 atom stereocenters. The van der Waals surface area contributed by atoms with E-state index in [1.165, 1.54) is 6.20 Å². The highest BCUT2D eigenvalue weighted by Gasteiger charge is 2.29. The van der Waals surface area contributed by atoms with E-state index in [0.717, 1.165) is 63.8 Å². The van der Waals surface area contributed by atoms with Crippen molar-refractivity contribution in [2.45, 2.75) is 76.9 Å². The van der Waals surface area contributed by atoms with Crippen LogP contribution in [-0.4, -0.2) is 47.4 Å². The third-order valence-electron chi connectivity index (χ3n) is 5.75. The number of hydrogen-bond donors (Lipinski definition) is 0. The molecule has 5 nitrogen and oxygen atoms in total. The summed E-state index contributed by atoms with van der Waals surface area (Å²) in [7, 11) is 0. The summed E-state index contributed by atoms with van der Waals surface area (Å²) in [4.78, 5) is 17.8. The molecule has 0 bridgehead atoms. The average Bonchev–Trinajstić information content (AvgIpc) is 2.66. The molecule has 6 heteroatoms. The Morgan fingerprint density at radius 3 is 2.46 bits per heavy atom. The van der Waals surface area contributed by atoms with Crippen LogP contribution >= 0.6 is 0 Å². The number of likely N-dealkylation sites (tertiary alicyclic amines) is 1. The fourth-order valence-corrected chi connectivity index (χ4v) is 4.14. The minimum Gasteiger partial charge on any atom is -0.444 e. The first-order valence-corrected chi connectivity index (χ1v) is 10.5. The quantitative estimate of drug-likeness (QED) is 0.730. The summed E-state index contributed by atoms with van der Waals surface area (Å²) >= 11 is 0. The average molecular weight is 393 g/mol. The van der Waals surface area contributed by atoms with E-state index in [1.807, 2.05) is 20.8 Å². The van der Waals surface area contributed by atoms with Gasteiger partial charge in [-0.1, -0.05) is 0 Å². The molecular formula is C22H33FN2O3. The largest absolute Gasteiger partial charge is 0.444 e. The molecule has 1 aromatic heterocycles. The number of piperidine rings is 1. The van der Waals surface area contributed by atoms with Crippen molar-refractivity contribution >= 4 is 6.09 Å². The molecule has 2 aliphatic rings. The second-order valence-electron chi connectivity index (χ2n) is 9.11. The maximum Gasteiger partial charge on any atom is 0.410 e. The van der Waals surface area contributed by atoms with Crippen molar-refractivity contribution in [3.63, 3.8) is 0 Å². The van der Waals surface area contributed by atoms with Gasteiger partial charge in [-0.25, -0.2) is 9.18 Å². The minimum atomic E-state index is -0.449. The lowest BCUT2D eigenvalue weighted by molar-refractivity contribution is -0.0144. The van der Waals surface area contributed by atoms with Gasteiger partial charge in [-0.15, -0.1) is 0 Å². The molecule has 3 rings (SSSR count). The van der Waals surface area contributed by atoms with E-state index in [0.29, 0.717) is 5.92 Å². The Bertz CT molecular complexity index is 645. The van der Waals surface area contributed by atoms with Crippen LogP contribution in [0.1, 0.15) is 70.8 Å². The van der Waals surface area contributed by atoms with E-state index >= 15 is 0 Å². The molecule has 1 saturated heterocycles. The van der Waals surface area contributed by atoms with Crippen molar-refractivity contribution in [1.82, 2.24) is 9.88 Å². The molecule has 28 heavy (non-hydrogen) atoms. The standard InChI is InChI=1S/C22H33FN2O3/c1-22(2,3)28-21(26)25-12-9-16(10-13-25)15-27-18-6-4-17(5-7-18)19-8-11-24-14-20(19)23/h8,11,14,16-18H,4-7,9-10,12-13,15H2,1-3H3/t17-,18-. The van der Waals surface area contributed by atoms with Gasteiger partial charge in [0.15, 0.2) is 0 Å². The van der Waals surface area contributed by atoms with Crippen LogP contribution in [0.5, 0.6) is 0 Å². The number of carbonyl (C=O) groups is 1. The lowest BCUT2D eigenvalue weighted by Gasteiger charge is -2.34. The second-order valence-corrected chi connectivity index (χ2v) is 9.11. The van der Waals surface area contributed by atoms with Crippen LogP contribution in [0.25, 0.3) is 0 Å². The van der Waals surface area contributed by atoms with Crippen molar-refractivity contribution < 1.29 is 18.7 Å². The first kappa shape index (κ1) is 21.0. The number of aromatic nitrogens is 1. The molecular weight excluding hydrogens is 359 g/mol. The maximum atomic E-state index is 13.9. The molecule has 1 saturated carbocycles. The molecule has 0 aromatic carbocycles. The Balaban J connectivity index is 1.35. The predicted octanol–water partition coefficient (Wildman–Crippen LogP) is 4.91. The zero-order chi connectivity index (χ0) is 20.1. The van der Waals surface area contributed by atoms with Crippen molar-refractivity contribution in [3.8, 4) is 0 Å². The Kier molecular flexibility index (Phi) is 6.91. The zero-order valence-corrected chi connectivity index (χ0v) is 17.3. The topological polar surface area (TPSA) is 51.7 Å². The lowest BCUT2D eigenvalue weighted by Crippen LogP contribution is -2.42. The summed E-state index contributed by atoms with van der Waals surface area (Å²) in [6.45, 7) is 7.89. The number of ether oxygens (including phenoxy) is 2. The molecule has 2 fully saturated rings. The van der Waals surface area contributed by atoms with E-state index in [9.17, 15) is 9.18 Å². The molecule has 0 radical (unpaired) electrons. The zero-order valence-electron chi connectivity index (χ0n) is 17.3. The van der Waals surface area contributed by atoms with Gasteiger partial charge in [-0.05, 0) is 82.8 Å². The third kappa shape index (κ3) is 5.90. The third-order valence-corrected chi connectivity index (χ3v) is 5.75. The van der Waals surface area contributed by atoms with Crippen LogP contribution in [0, 0.1) is 11.7 Å². The highest BCUT2D eigenvalue weighted by molar-refractivity contribution is 5.68. The SMILES string of the molecule is CC(C)(C)OC(=O)N1CCC(CO[C@H]2CC[C@H](c3ccncc3F)CC2)CC1. The van der Waals surface area contributed by atoms with Gasteiger partial charge in [0, 0.05) is 25.9 Å². The van der Waals surface area contributed by atoms with E-state index in [-0.39, 0.29) is 23.9 Å².